The molecule has 0 bridgehead atoms. The SMILES string of the molecule is CCC(C)(N)C(=O)NCCCn1cnc2ccccc21. The molecule has 1 amide bonds. The number of nitrogens with one attached hydrogen (secondary N) is 1. The van der Waals surface area contributed by atoms with E-state index in [1.54, 1.807) is 6.92 Å². The van der Waals surface area contributed by atoms with E-state index in [9.17, 15) is 4.79 Å². The van der Waals surface area contributed by atoms with Gasteiger partial charge in [0.1, 0.15) is 0 Å². The standard InChI is InChI=1S/C15H22N4O/c1-3-15(2,16)14(20)17-9-6-10-19-11-18-12-7-4-5-8-13(12)19/h4-5,7-8,11H,3,6,9-10,16H2,1-2H3,(H,17,20). The Kier molecular flexibility index (Phi) is 4.39. The van der Waals surface area contributed by atoms with Crippen molar-refractivity contribution in [1.29, 1.82) is 0 Å². The van der Waals surface area contributed by atoms with Crippen molar-refractivity contribution in [3.63, 3.8) is 0 Å². The third-order valence-corrected chi connectivity index (χ3v) is 3.64. The number of aromatic nitrogens is 2. The fourth-order valence-corrected chi connectivity index (χ4v) is 2.00. The Morgan fingerprint density at radius 1 is 1.45 bits per heavy atom. The van der Waals surface area contributed by atoms with Crippen LogP contribution in [0.15, 0.2) is 30.6 Å². The lowest BCUT2D eigenvalue weighted by Crippen LogP contribution is -2.51. The molecule has 0 saturated heterocycles. The molecule has 1 aromatic heterocycles. The van der Waals surface area contributed by atoms with Crippen molar-refractivity contribution in [1.82, 2.24) is 14.9 Å². The van der Waals surface area contributed by atoms with Gasteiger partial charge in [-0.15, -0.1) is 0 Å². The molecule has 0 aliphatic carbocycles. The molecule has 0 spiro atoms. The Morgan fingerprint density at radius 3 is 2.95 bits per heavy atom. The second-order valence-electron chi connectivity index (χ2n) is 5.31. The van der Waals surface area contributed by atoms with E-state index in [0.717, 1.165) is 24.0 Å². The van der Waals surface area contributed by atoms with E-state index in [4.69, 9.17) is 5.73 Å². The zero-order valence-corrected chi connectivity index (χ0v) is 12.1. The molecule has 0 fully saturated rings. The van der Waals surface area contributed by atoms with Crippen LogP contribution in [0, 0.1) is 0 Å². The largest absolute Gasteiger partial charge is 0.354 e. The average molecular weight is 274 g/mol. The summed E-state index contributed by atoms with van der Waals surface area (Å²) in [5.41, 5.74) is 7.23. The molecule has 5 heteroatoms. The van der Waals surface area contributed by atoms with Crippen LogP contribution in [-0.4, -0.2) is 27.5 Å². The molecular formula is C15H22N4O. The van der Waals surface area contributed by atoms with Crippen LogP contribution in [0.3, 0.4) is 0 Å². The van der Waals surface area contributed by atoms with Crippen molar-refractivity contribution in [2.75, 3.05) is 6.54 Å². The monoisotopic (exact) mass is 274 g/mol. The molecule has 0 aliphatic heterocycles. The van der Waals surface area contributed by atoms with Gasteiger partial charge in [-0.1, -0.05) is 19.1 Å². The summed E-state index contributed by atoms with van der Waals surface area (Å²) in [6, 6.07) is 8.03. The number of carbonyl (C=O) groups excluding carboxylic acids is 1. The molecule has 1 atom stereocenters. The van der Waals surface area contributed by atoms with Crippen molar-refractivity contribution >= 4 is 16.9 Å². The third kappa shape index (κ3) is 3.17. The number of aryl methyl sites for hydroxylation is 1. The number of hydrogen-bond donors (Lipinski definition) is 2. The zero-order chi connectivity index (χ0) is 14.6. The number of fused-ring (bicyclic) bond motifs is 1. The van der Waals surface area contributed by atoms with Gasteiger partial charge in [-0.05, 0) is 31.9 Å². The Labute approximate surface area is 119 Å². The van der Waals surface area contributed by atoms with E-state index in [2.05, 4.69) is 20.9 Å². The van der Waals surface area contributed by atoms with Gasteiger partial charge in [-0.2, -0.15) is 0 Å². The highest BCUT2D eigenvalue weighted by Gasteiger charge is 2.25. The fraction of sp³-hybridized carbons (Fsp3) is 0.467. The average Bonchev–Trinajstić information content (AvgIpc) is 2.86. The maximum Gasteiger partial charge on any atom is 0.239 e. The fourth-order valence-electron chi connectivity index (χ4n) is 2.00. The minimum absolute atomic E-state index is 0.0875. The Bertz CT molecular complexity index is 588. The number of para-hydroxylation sites is 2. The summed E-state index contributed by atoms with van der Waals surface area (Å²) >= 11 is 0. The van der Waals surface area contributed by atoms with Crippen molar-refractivity contribution in [2.45, 2.75) is 38.8 Å². The second kappa shape index (κ2) is 6.05. The van der Waals surface area contributed by atoms with Crippen LogP contribution in [0.25, 0.3) is 11.0 Å². The van der Waals surface area contributed by atoms with Crippen LogP contribution in [0.4, 0.5) is 0 Å². The third-order valence-electron chi connectivity index (χ3n) is 3.64. The first-order chi connectivity index (χ1) is 9.54. The molecular weight excluding hydrogens is 252 g/mol. The highest BCUT2D eigenvalue weighted by atomic mass is 16.2. The lowest BCUT2D eigenvalue weighted by atomic mass is 10.00. The first-order valence-corrected chi connectivity index (χ1v) is 7.01. The number of benzene rings is 1. The molecule has 1 heterocycles. The van der Waals surface area contributed by atoms with Gasteiger partial charge in [0.25, 0.3) is 0 Å². The molecule has 0 radical (unpaired) electrons. The first kappa shape index (κ1) is 14.5. The lowest BCUT2D eigenvalue weighted by Gasteiger charge is -2.21. The van der Waals surface area contributed by atoms with E-state index < -0.39 is 5.54 Å². The van der Waals surface area contributed by atoms with E-state index in [-0.39, 0.29) is 5.91 Å². The van der Waals surface area contributed by atoms with Gasteiger partial charge < -0.3 is 15.6 Å². The van der Waals surface area contributed by atoms with Gasteiger partial charge >= 0.3 is 0 Å². The van der Waals surface area contributed by atoms with E-state index >= 15 is 0 Å². The maximum absolute atomic E-state index is 11.8. The maximum atomic E-state index is 11.8. The van der Waals surface area contributed by atoms with Crippen LogP contribution >= 0.6 is 0 Å². The number of nitrogens with two attached hydrogens (primary N) is 1. The van der Waals surface area contributed by atoms with Gasteiger partial charge in [0, 0.05) is 13.1 Å². The predicted octanol–water partition coefficient (Wildman–Crippen LogP) is 1.67. The summed E-state index contributed by atoms with van der Waals surface area (Å²) in [6.45, 7) is 5.12. The van der Waals surface area contributed by atoms with Gasteiger partial charge in [0.15, 0.2) is 0 Å². The van der Waals surface area contributed by atoms with Gasteiger partial charge in [0.2, 0.25) is 5.91 Å². The number of rotatable bonds is 6. The van der Waals surface area contributed by atoms with Crippen LogP contribution in [-0.2, 0) is 11.3 Å². The van der Waals surface area contributed by atoms with Crippen molar-refractivity contribution < 1.29 is 4.79 Å². The van der Waals surface area contributed by atoms with Crippen LogP contribution < -0.4 is 11.1 Å². The number of hydrogen-bond acceptors (Lipinski definition) is 3. The molecule has 2 aromatic rings. The molecule has 3 N–H and O–H groups in total. The van der Waals surface area contributed by atoms with E-state index in [1.165, 1.54) is 0 Å². The molecule has 5 nitrogen and oxygen atoms in total. The zero-order valence-electron chi connectivity index (χ0n) is 12.1. The van der Waals surface area contributed by atoms with Crippen molar-refractivity contribution in [3.8, 4) is 0 Å². The minimum atomic E-state index is -0.776. The summed E-state index contributed by atoms with van der Waals surface area (Å²) in [4.78, 5) is 16.2. The van der Waals surface area contributed by atoms with Crippen LogP contribution in [0.1, 0.15) is 26.7 Å². The molecule has 20 heavy (non-hydrogen) atoms. The predicted molar refractivity (Wildman–Crippen MR) is 80.2 cm³/mol. The number of nitrogens with zero attached hydrogens (tertiary/aromatic N) is 2. The molecule has 108 valence electrons. The smallest absolute Gasteiger partial charge is 0.239 e. The molecule has 0 aliphatic rings. The molecule has 1 aromatic carbocycles. The Balaban J connectivity index is 1.83. The topological polar surface area (TPSA) is 72.9 Å². The normalized spacial score (nSPS) is 14.2. The quantitative estimate of drug-likeness (QED) is 0.787. The summed E-state index contributed by atoms with van der Waals surface area (Å²) in [7, 11) is 0. The summed E-state index contributed by atoms with van der Waals surface area (Å²) < 4.78 is 2.10. The highest BCUT2D eigenvalue weighted by Crippen LogP contribution is 2.12. The summed E-state index contributed by atoms with van der Waals surface area (Å²) in [5.74, 6) is -0.0875. The lowest BCUT2D eigenvalue weighted by molar-refractivity contribution is -0.125. The van der Waals surface area contributed by atoms with Gasteiger partial charge in [-0.3, -0.25) is 4.79 Å². The van der Waals surface area contributed by atoms with E-state index in [0.29, 0.717) is 13.0 Å². The number of carbonyl (C=O) groups is 1. The van der Waals surface area contributed by atoms with Crippen molar-refractivity contribution in [2.24, 2.45) is 5.73 Å². The minimum Gasteiger partial charge on any atom is -0.354 e. The highest BCUT2D eigenvalue weighted by molar-refractivity contribution is 5.85. The molecule has 0 saturated carbocycles. The van der Waals surface area contributed by atoms with Gasteiger partial charge in [0.05, 0.1) is 22.9 Å². The van der Waals surface area contributed by atoms with Crippen LogP contribution in [0.2, 0.25) is 0 Å². The number of imidazole rings is 1. The Hall–Kier alpha value is -1.88. The summed E-state index contributed by atoms with van der Waals surface area (Å²) in [6.07, 6.45) is 3.32. The summed E-state index contributed by atoms with van der Waals surface area (Å²) in [5, 5.41) is 2.89. The van der Waals surface area contributed by atoms with Crippen LogP contribution in [0.5, 0.6) is 0 Å². The Morgan fingerprint density at radius 2 is 2.20 bits per heavy atom. The van der Waals surface area contributed by atoms with E-state index in [1.807, 2.05) is 31.5 Å². The van der Waals surface area contributed by atoms with Crippen molar-refractivity contribution in [3.05, 3.63) is 30.6 Å². The van der Waals surface area contributed by atoms with Gasteiger partial charge in [-0.25, -0.2) is 4.98 Å². The molecule has 1 unspecified atom stereocenters. The number of amides is 1. The molecule has 2 rings (SSSR count). The second-order valence-corrected chi connectivity index (χ2v) is 5.31. The first-order valence-electron chi connectivity index (χ1n) is 7.01.